The van der Waals surface area contributed by atoms with E-state index in [1.165, 1.54) is 23.5 Å². The molecule has 8 nitrogen and oxygen atoms in total. The molecule has 1 fully saturated rings. The molecular formula is C33H36FN5O3S. The van der Waals surface area contributed by atoms with Crippen molar-refractivity contribution < 1.29 is 18.8 Å². The van der Waals surface area contributed by atoms with Gasteiger partial charge in [0.05, 0.1) is 11.4 Å². The molecule has 4 N–H and O–H groups in total. The number of hydrogen-bond acceptors (Lipinski definition) is 6. The van der Waals surface area contributed by atoms with Gasteiger partial charge in [0, 0.05) is 47.1 Å². The molecule has 0 atom stereocenters. The van der Waals surface area contributed by atoms with Gasteiger partial charge in [0.1, 0.15) is 11.5 Å². The van der Waals surface area contributed by atoms with E-state index in [9.17, 15) is 18.8 Å². The minimum absolute atomic E-state index is 0.0714. The van der Waals surface area contributed by atoms with Gasteiger partial charge in [-0.25, -0.2) is 4.39 Å². The summed E-state index contributed by atoms with van der Waals surface area (Å²) in [5.74, 6) is -1.33. The largest absolute Gasteiger partial charge is 0.383 e. The van der Waals surface area contributed by atoms with Crippen LogP contribution in [0.3, 0.4) is 0 Å². The summed E-state index contributed by atoms with van der Waals surface area (Å²) in [5, 5.41) is 20.0. The van der Waals surface area contributed by atoms with Crippen molar-refractivity contribution in [1.29, 1.82) is 5.41 Å². The molecule has 0 spiro atoms. The standard InChI is InChI=1S/C33H36FN5O3S/c1-33(2)20-39(32(42)27-11-6-16-43-27)19-26(29(33)36-18-21-12-14-23(34)15-13-21)28(35)31(41)38-25-10-5-7-22(17-25)30(40)37-24-8-3-4-9-24/h5-7,10-17,24,35-36H,3-4,8-9,18-20H2,1-2H3,(H,37,40)(H,38,41). The maximum atomic E-state index is 13.5. The predicted molar refractivity (Wildman–Crippen MR) is 167 cm³/mol. The first-order valence-electron chi connectivity index (χ1n) is 14.5. The van der Waals surface area contributed by atoms with Crippen molar-refractivity contribution in [2.24, 2.45) is 5.41 Å². The first-order valence-corrected chi connectivity index (χ1v) is 15.3. The van der Waals surface area contributed by atoms with Crippen molar-refractivity contribution in [3.05, 3.63) is 99.1 Å². The molecule has 0 saturated heterocycles. The Hall–Kier alpha value is -4.31. The zero-order valence-electron chi connectivity index (χ0n) is 24.3. The average Bonchev–Trinajstić information content (AvgIpc) is 3.71. The SMILES string of the molecule is CC1(C)CN(C(=O)c2cccs2)CC(C(=N)C(=O)Nc2cccc(C(=O)NC3CCCC3)c2)=C1NCc1ccc(F)cc1. The van der Waals surface area contributed by atoms with Crippen LogP contribution in [0, 0.1) is 16.6 Å². The topological polar surface area (TPSA) is 114 Å². The number of nitrogens with zero attached hydrogens (tertiary/aromatic N) is 1. The van der Waals surface area contributed by atoms with Gasteiger partial charge < -0.3 is 20.9 Å². The maximum absolute atomic E-state index is 13.5. The highest BCUT2D eigenvalue weighted by molar-refractivity contribution is 7.12. The Balaban J connectivity index is 1.38. The summed E-state index contributed by atoms with van der Waals surface area (Å²) in [7, 11) is 0. The van der Waals surface area contributed by atoms with Gasteiger partial charge in [-0.2, -0.15) is 0 Å². The normalized spacial score (nSPS) is 16.6. The summed E-state index contributed by atoms with van der Waals surface area (Å²) in [6.45, 7) is 4.74. The lowest BCUT2D eigenvalue weighted by atomic mass is 9.80. The molecule has 2 aromatic carbocycles. The van der Waals surface area contributed by atoms with Crippen molar-refractivity contribution in [1.82, 2.24) is 15.5 Å². The van der Waals surface area contributed by atoms with Crippen LogP contribution >= 0.6 is 11.3 Å². The van der Waals surface area contributed by atoms with Gasteiger partial charge in [0.15, 0.2) is 0 Å². The van der Waals surface area contributed by atoms with Crippen LogP contribution in [0.5, 0.6) is 0 Å². The van der Waals surface area contributed by atoms with E-state index in [0.717, 1.165) is 31.2 Å². The lowest BCUT2D eigenvalue weighted by Gasteiger charge is -2.42. The Kier molecular flexibility index (Phi) is 9.05. The summed E-state index contributed by atoms with van der Waals surface area (Å²) < 4.78 is 13.5. The van der Waals surface area contributed by atoms with Gasteiger partial charge in [0.25, 0.3) is 17.7 Å². The lowest BCUT2D eigenvalue weighted by Crippen LogP contribution is -2.50. The quantitative estimate of drug-likeness (QED) is 0.234. The molecule has 2 aliphatic rings. The molecule has 224 valence electrons. The summed E-state index contributed by atoms with van der Waals surface area (Å²) >= 11 is 1.35. The molecule has 2 heterocycles. The fourth-order valence-electron chi connectivity index (χ4n) is 5.74. The fourth-order valence-corrected chi connectivity index (χ4v) is 6.43. The van der Waals surface area contributed by atoms with Crippen LogP contribution in [-0.2, 0) is 11.3 Å². The van der Waals surface area contributed by atoms with E-state index in [1.54, 1.807) is 47.4 Å². The van der Waals surface area contributed by atoms with Crippen molar-refractivity contribution in [3.63, 3.8) is 0 Å². The molecule has 43 heavy (non-hydrogen) atoms. The molecule has 0 unspecified atom stereocenters. The third kappa shape index (κ3) is 7.19. The monoisotopic (exact) mass is 601 g/mol. The molecule has 5 rings (SSSR count). The summed E-state index contributed by atoms with van der Waals surface area (Å²) in [4.78, 5) is 41.9. The van der Waals surface area contributed by atoms with Crippen LogP contribution in [0.4, 0.5) is 10.1 Å². The van der Waals surface area contributed by atoms with E-state index in [4.69, 9.17) is 5.41 Å². The van der Waals surface area contributed by atoms with Crippen molar-refractivity contribution in [3.8, 4) is 0 Å². The van der Waals surface area contributed by atoms with Gasteiger partial charge in [-0.15, -0.1) is 11.3 Å². The van der Waals surface area contributed by atoms with E-state index in [0.29, 0.717) is 40.5 Å². The Labute approximate surface area is 254 Å². The number of anilines is 1. The number of amides is 3. The number of benzene rings is 2. The van der Waals surface area contributed by atoms with Crippen LogP contribution in [0.15, 0.2) is 77.3 Å². The molecule has 10 heteroatoms. The van der Waals surface area contributed by atoms with E-state index in [1.807, 2.05) is 25.3 Å². The van der Waals surface area contributed by atoms with Crippen molar-refractivity contribution in [2.75, 3.05) is 18.4 Å². The van der Waals surface area contributed by atoms with Crippen LogP contribution in [-0.4, -0.2) is 47.5 Å². The first kappa shape index (κ1) is 30.2. The molecule has 1 aliphatic carbocycles. The smallest absolute Gasteiger partial charge is 0.273 e. The second kappa shape index (κ2) is 12.9. The van der Waals surface area contributed by atoms with Crippen LogP contribution in [0.25, 0.3) is 0 Å². The van der Waals surface area contributed by atoms with Gasteiger partial charge in [0.2, 0.25) is 0 Å². The molecule has 3 aromatic rings. The molecule has 1 aromatic heterocycles. The number of carbonyl (C=O) groups excluding carboxylic acids is 3. The van der Waals surface area contributed by atoms with Gasteiger partial charge in [-0.3, -0.25) is 19.8 Å². The van der Waals surface area contributed by atoms with E-state index >= 15 is 0 Å². The zero-order valence-corrected chi connectivity index (χ0v) is 25.2. The third-order valence-corrected chi connectivity index (χ3v) is 8.78. The number of halogens is 1. The molecule has 1 saturated carbocycles. The molecule has 0 bridgehead atoms. The minimum Gasteiger partial charge on any atom is -0.383 e. The Morgan fingerprint density at radius 3 is 2.49 bits per heavy atom. The highest BCUT2D eigenvalue weighted by atomic mass is 32.1. The Morgan fingerprint density at radius 1 is 1.05 bits per heavy atom. The molecule has 1 aliphatic heterocycles. The number of nitrogens with one attached hydrogen (secondary N) is 4. The number of hydrogen-bond donors (Lipinski definition) is 4. The molecular weight excluding hydrogens is 565 g/mol. The fraction of sp³-hybridized carbons (Fsp3) is 0.333. The van der Waals surface area contributed by atoms with E-state index in [2.05, 4.69) is 16.0 Å². The number of thiophene rings is 1. The molecule has 0 radical (unpaired) electrons. The minimum atomic E-state index is -0.648. The number of rotatable bonds is 9. The van der Waals surface area contributed by atoms with E-state index < -0.39 is 11.3 Å². The van der Waals surface area contributed by atoms with Crippen LogP contribution in [0.1, 0.15) is 65.1 Å². The van der Waals surface area contributed by atoms with E-state index in [-0.39, 0.29) is 35.9 Å². The summed E-state index contributed by atoms with van der Waals surface area (Å²) in [5.41, 5.74) is 1.85. The molecule has 3 amide bonds. The summed E-state index contributed by atoms with van der Waals surface area (Å²) in [6.07, 6.45) is 4.14. The van der Waals surface area contributed by atoms with Crippen LogP contribution < -0.4 is 16.0 Å². The Bertz CT molecular complexity index is 1540. The number of carbonyl (C=O) groups is 3. The van der Waals surface area contributed by atoms with Crippen LogP contribution in [0.2, 0.25) is 0 Å². The highest BCUT2D eigenvalue weighted by Crippen LogP contribution is 2.35. The predicted octanol–water partition coefficient (Wildman–Crippen LogP) is 5.74. The zero-order chi connectivity index (χ0) is 30.6. The maximum Gasteiger partial charge on any atom is 0.273 e. The van der Waals surface area contributed by atoms with Gasteiger partial charge in [-0.05, 0) is 60.2 Å². The third-order valence-electron chi connectivity index (χ3n) is 7.92. The highest BCUT2D eigenvalue weighted by Gasteiger charge is 2.39. The Morgan fingerprint density at radius 2 is 1.79 bits per heavy atom. The average molecular weight is 602 g/mol. The lowest BCUT2D eigenvalue weighted by molar-refractivity contribution is -0.110. The van der Waals surface area contributed by atoms with Gasteiger partial charge >= 0.3 is 0 Å². The second-order valence-corrected chi connectivity index (χ2v) is 12.7. The van der Waals surface area contributed by atoms with Gasteiger partial charge in [-0.1, -0.05) is 51.0 Å². The van der Waals surface area contributed by atoms with Crippen molar-refractivity contribution in [2.45, 2.75) is 52.1 Å². The first-order chi connectivity index (χ1) is 20.6. The summed E-state index contributed by atoms with van der Waals surface area (Å²) in [6, 6.07) is 16.6. The van der Waals surface area contributed by atoms with Crippen molar-refractivity contribution >= 4 is 40.5 Å². The second-order valence-electron chi connectivity index (χ2n) is 11.7.